The van der Waals surface area contributed by atoms with Crippen LogP contribution >= 0.6 is 0 Å². The standard InChI is InChI=1S/C24H29N3O4/c1-31-19-7-4-5-16(13-19)15-27-12-11-18(9-10-22(27)28)25-23(29)20-14-17-6-2-3-8-21(17)26-24(20)30/h4-5,7,13-14,18H,2-3,6,8-12,15H2,1H3,(H,25,29)(H,26,30). The Bertz CT molecular complexity index is 1030. The highest BCUT2D eigenvalue weighted by Crippen LogP contribution is 2.20. The Kier molecular flexibility index (Phi) is 6.39. The molecule has 2 N–H and O–H groups in total. The highest BCUT2D eigenvalue weighted by molar-refractivity contribution is 5.94. The van der Waals surface area contributed by atoms with Crippen LogP contribution in [0.25, 0.3) is 0 Å². The summed E-state index contributed by atoms with van der Waals surface area (Å²) in [4.78, 5) is 42.6. The molecule has 7 nitrogen and oxygen atoms in total. The third-order valence-corrected chi connectivity index (χ3v) is 6.23. The zero-order valence-electron chi connectivity index (χ0n) is 17.9. The Labute approximate surface area is 181 Å². The van der Waals surface area contributed by atoms with Crippen molar-refractivity contribution >= 4 is 11.8 Å². The molecule has 2 heterocycles. The predicted octanol–water partition coefficient (Wildman–Crippen LogP) is 2.57. The van der Waals surface area contributed by atoms with Crippen LogP contribution in [0.3, 0.4) is 0 Å². The maximum atomic E-state index is 12.8. The second-order valence-corrected chi connectivity index (χ2v) is 8.39. The normalized spacial score (nSPS) is 18.8. The van der Waals surface area contributed by atoms with Gasteiger partial charge in [-0.15, -0.1) is 0 Å². The zero-order chi connectivity index (χ0) is 21.8. The van der Waals surface area contributed by atoms with Gasteiger partial charge in [0, 0.05) is 31.2 Å². The largest absolute Gasteiger partial charge is 0.497 e. The van der Waals surface area contributed by atoms with Gasteiger partial charge in [-0.3, -0.25) is 14.4 Å². The smallest absolute Gasteiger partial charge is 0.261 e. The van der Waals surface area contributed by atoms with E-state index in [-0.39, 0.29) is 29.0 Å². The van der Waals surface area contributed by atoms with Gasteiger partial charge in [0.15, 0.2) is 0 Å². The molecule has 164 valence electrons. The van der Waals surface area contributed by atoms with E-state index in [2.05, 4.69) is 10.3 Å². The number of pyridine rings is 1. The van der Waals surface area contributed by atoms with Gasteiger partial charge in [-0.2, -0.15) is 0 Å². The lowest BCUT2D eigenvalue weighted by Crippen LogP contribution is -2.38. The molecule has 0 radical (unpaired) electrons. The Balaban J connectivity index is 1.40. The molecule has 0 bridgehead atoms. The van der Waals surface area contributed by atoms with Crippen LogP contribution in [-0.2, 0) is 24.2 Å². The SMILES string of the molecule is COc1cccc(CN2CCC(NC(=O)c3cc4c([nH]c3=O)CCCC4)CCC2=O)c1. The molecule has 1 unspecified atom stereocenters. The molecule has 2 aliphatic rings. The van der Waals surface area contributed by atoms with Crippen LogP contribution in [0.2, 0.25) is 0 Å². The molecule has 4 rings (SSSR count). The minimum Gasteiger partial charge on any atom is -0.497 e. The van der Waals surface area contributed by atoms with Crippen LogP contribution in [0.5, 0.6) is 5.75 Å². The number of nitrogens with zero attached hydrogens (tertiary/aromatic N) is 1. The van der Waals surface area contributed by atoms with Crippen LogP contribution in [0.4, 0.5) is 0 Å². The van der Waals surface area contributed by atoms with E-state index < -0.39 is 0 Å². The number of aryl methyl sites for hydroxylation is 2. The number of amides is 2. The average molecular weight is 424 g/mol. The quantitative estimate of drug-likeness (QED) is 0.773. The number of H-pyrrole nitrogens is 1. The molecule has 1 fully saturated rings. The van der Waals surface area contributed by atoms with Gasteiger partial charge >= 0.3 is 0 Å². The van der Waals surface area contributed by atoms with Gasteiger partial charge in [0.05, 0.1) is 7.11 Å². The monoisotopic (exact) mass is 423 g/mol. The number of likely N-dealkylation sites (tertiary alicyclic amines) is 1. The van der Waals surface area contributed by atoms with Gasteiger partial charge in [0.1, 0.15) is 11.3 Å². The highest BCUT2D eigenvalue weighted by Gasteiger charge is 2.25. The van der Waals surface area contributed by atoms with Crippen molar-refractivity contribution < 1.29 is 14.3 Å². The summed E-state index contributed by atoms with van der Waals surface area (Å²) in [5.41, 5.74) is 2.88. The van der Waals surface area contributed by atoms with E-state index in [9.17, 15) is 14.4 Å². The lowest BCUT2D eigenvalue weighted by Gasteiger charge is -2.21. The molecule has 0 saturated carbocycles. The minimum absolute atomic E-state index is 0.0752. The summed E-state index contributed by atoms with van der Waals surface area (Å²) in [6.45, 7) is 1.07. The molecule has 1 atom stereocenters. The molecule has 1 saturated heterocycles. The van der Waals surface area contributed by atoms with Gasteiger partial charge < -0.3 is 19.9 Å². The summed E-state index contributed by atoms with van der Waals surface area (Å²) in [6, 6.07) is 9.31. The van der Waals surface area contributed by atoms with E-state index in [1.54, 1.807) is 13.2 Å². The van der Waals surface area contributed by atoms with Crippen molar-refractivity contribution in [3.8, 4) is 5.75 Å². The molecule has 1 aliphatic carbocycles. The Hall–Kier alpha value is -3.09. The molecule has 1 aromatic carbocycles. The molecule has 2 amide bonds. The number of benzene rings is 1. The fourth-order valence-electron chi connectivity index (χ4n) is 4.45. The summed E-state index contributed by atoms with van der Waals surface area (Å²) in [5, 5.41) is 2.99. The minimum atomic E-state index is -0.353. The molecule has 1 aromatic heterocycles. The van der Waals surface area contributed by atoms with Crippen molar-refractivity contribution in [2.24, 2.45) is 0 Å². The van der Waals surface area contributed by atoms with E-state index in [0.29, 0.717) is 32.4 Å². The van der Waals surface area contributed by atoms with Crippen molar-refractivity contribution in [3.05, 3.63) is 63.1 Å². The Morgan fingerprint density at radius 1 is 1.16 bits per heavy atom. The van der Waals surface area contributed by atoms with Crippen LogP contribution in [0.1, 0.15) is 59.3 Å². The number of fused-ring (bicyclic) bond motifs is 1. The van der Waals surface area contributed by atoms with Crippen molar-refractivity contribution in [1.29, 1.82) is 0 Å². The van der Waals surface area contributed by atoms with Gasteiger partial charge in [0.25, 0.3) is 11.5 Å². The number of ether oxygens (including phenoxy) is 1. The van der Waals surface area contributed by atoms with Crippen molar-refractivity contribution in [3.63, 3.8) is 0 Å². The lowest BCUT2D eigenvalue weighted by atomic mass is 9.95. The summed E-state index contributed by atoms with van der Waals surface area (Å²) < 4.78 is 5.26. The van der Waals surface area contributed by atoms with E-state index in [0.717, 1.165) is 48.3 Å². The van der Waals surface area contributed by atoms with Gasteiger partial charge in [-0.05, 0) is 67.9 Å². The number of aromatic nitrogens is 1. The first kappa shape index (κ1) is 21.2. The molecule has 7 heteroatoms. The third-order valence-electron chi connectivity index (χ3n) is 6.23. The van der Waals surface area contributed by atoms with Crippen molar-refractivity contribution in [1.82, 2.24) is 15.2 Å². The number of hydrogen-bond acceptors (Lipinski definition) is 4. The maximum absolute atomic E-state index is 12.8. The average Bonchev–Trinajstić information content (AvgIpc) is 2.95. The summed E-state index contributed by atoms with van der Waals surface area (Å²) in [6.07, 6.45) is 5.50. The number of nitrogens with one attached hydrogen (secondary N) is 2. The number of carbonyl (C=O) groups excluding carboxylic acids is 2. The van der Waals surface area contributed by atoms with Crippen molar-refractivity contribution in [2.75, 3.05) is 13.7 Å². The first-order chi connectivity index (χ1) is 15.0. The highest BCUT2D eigenvalue weighted by atomic mass is 16.5. The predicted molar refractivity (Wildman–Crippen MR) is 117 cm³/mol. The number of aromatic amines is 1. The van der Waals surface area contributed by atoms with Gasteiger partial charge in [-0.1, -0.05) is 12.1 Å². The first-order valence-electron chi connectivity index (χ1n) is 11.0. The Morgan fingerprint density at radius 3 is 2.84 bits per heavy atom. The maximum Gasteiger partial charge on any atom is 0.261 e. The lowest BCUT2D eigenvalue weighted by molar-refractivity contribution is -0.131. The van der Waals surface area contributed by atoms with Gasteiger partial charge in [0.2, 0.25) is 5.91 Å². The van der Waals surface area contributed by atoms with Crippen molar-refractivity contribution in [2.45, 2.75) is 57.5 Å². The Morgan fingerprint density at radius 2 is 2.00 bits per heavy atom. The zero-order valence-corrected chi connectivity index (χ0v) is 17.9. The number of carbonyl (C=O) groups is 2. The fourth-order valence-corrected chi connectivity index (χ4v) is 4.45. The topological polar surface area (TPSA) is 91.5 Å². The van der Waals surface area contributed by atoms with E-state index >= 15 is 0 Å². The molecule has 31 heavy (non-hydrogen) atoms. The summed E-state index contributed by atoms with van der Waals surface area (Å²) in [5.74, 6) is 0.486. The second kappa shape index (κ2) is 9.37. The number of methoxy groups -OCH3 is 1. The van der Waals surface area contributed by atoms with E-state index in [1.807, 2.05) is 29.2 Å². The van der Waals surface area contributed by atoms with Gasteiger partial charge in [-0.25, -0.2) is 0 Å². The van der Waals surface area contributed by atoms with E-state index in [1.165, 1.54) is 0 Å². The molecule has 0 spiro atoms. The van der Waals surface area contributed by atoms with Crippen LogP contribution in [0, 0.1) is 0 Å². The van der Waals surface area contributed by atoms with Crippen LogP contribution in [0.15, 0.2) is 35.1 Å². The fraction of sp³-hybridized carbons (Fsp3) is 0.458. The van der Waals surface area contributed by atoms with E-state index in [4.69, 9.17) is 4.74 Å². The molecular weight excluding hydrogens is 394 g/mol. The first-order valence-corrected chi connectivity index (χ1v) is 11.0. The summed E-state index contributed by atoms with van der Waals surface area (Å²) in [7, 11) is 1.62. The molecule has 1 aliphatic heterocycles. The summed E-state index contributed by atoms with van der Waals surface area (Å²) >= 11 is 0. The number of rotatable bonds is 5. The number of hydrogen-bond donors (Lipinski definition) is 2. The molecule has 2 aromatic rings. The molecular formula is C24H29N3O4. The van der Waals surface area contributed by atoms with Crippen LogP contribution < -0.4 is 15.6 Å². The van der Waals surface area contributed by atoms with Crippen LogP contribution in [-0.4, -0.2) is 41.4 Å². The third kappa shape index (κ3) is 4.98. The second-order valence-electron chi connectivity index (χ2n) is 8.39.